The van der Waals surface area contributed by atoms with Crippen LogP contribution < -0.4 is 10.2 Å². The van der Waals surface area contributed by atoms with Gasteiger partial charge in [-0.25, -0.2) is 10.2 Å². The monoisotopic (exact) mass is 396 g/mol. The number of hydrogen-bond donors (Lipinski definition) is 1. The second-order valence-corrected chi connectivity index (χ2v) is 7.96. The number of benzene rings is 2. The Balaban J connectivity index is 1.86. The van der Waals surface area contributed by atoms with Crippen LogP contribution in [-0.2, 0) is 9.53 Å². The Hall–Kier alpha value is -3.19. The van der Waals surface area contributed by atoms with Gasteiger partial charge in [-0.05, 0) is 35.9 Å². The lowest BCUT2D eigenvalue weighted by molar-refractivity contribution is -0.862. The predicted molar refractivity (Wildman–Crippen MR) is 110 cm³/mol. The van der Waals surface area contributed by atoms with Gasteiger partial charge in [0, 0.05) is 12.0 Å². The van der Waals surface area contributed by atoms with Gasteiger partial charge in [0.25, 0.3) is 5.91 Å². The van der Waals surface area contributed by atoms with Gasteiger partial charge in [-0.1, -0.05) is 18.2 Å². The Morgan fingerprint density at radius 2 is 1.83 bits per heavy atom. The number of ether oxygens (including phenoxy) is 2. The number of likely N-dealkylation sites (N-methyl/N-ethyl adjacent to an activating group) is 1. The van der Waals surface area contributed by atoms with Crippen molar-refractivity contribution < 1.29 is 23.5 Å². The average Bonchev–Trinajstić information content (AvgIpc) is 3.00. The maximum absolute atomic E-state index is 12.2. The molecule has 29 heavy (non-hydrogen) atoms. The minimum atomic E-state index is -0.449. The van der Waals surface area contributed by atoms with Gasteiger partial charge >= 0.3 is 5.97 Å². The van der Waals surface area contributed by atoms with Crippen molar-refractivity contribution in [2.24, 2.45) is 5.10 Å². The van der Waals surface area contributed by atoms with Gasteiger partial charge < -0.3 is 14.0 Å². The molecule has 0 aliphatic carbocycles. The molecule has 1 aliphatic heterocycles. The van der Waals surface area contributed by atoms with Crippen molar-refractivity contribution in [2.45, 2.75) is 12.5 Å². The summed E-state index contributed by atoms with van der Waals surface area (Å²) in [5.74, 6) is 0.195. The van der Waals surface area contributed by atoms with Crippen molar-refractivity contribution in [3.05, 3.63) is 65.2 Å². The van der Waals surface area contributed by atoms with E-state index in [1.54, 1.807) is 13.2 Å². The molecule has 1 N–H and O–H groups in total. The predicted octanol–water partition coefficient (Wildman–Crippen LogP) is 2.52. The number of hydrogen-bond acceptors (Lipinski definition) is 5. The summed E-state index contributed by atoms with van der Waals surface area (Å²) in [4.78, 5) is 24.4. The molecule has 2 aromatic rings. The number of hydrazone groups is 1. The first-order chi connectivity index (χ1) is 13.8. The van der Waals surface area contributed by atoms with Gasteiger partial charge in [0.05, 0.1) is 39.5 Å². The van der Waals surface area contributed by atoms with Gasteiger partial charge in [-0.3, -0.25) is 4.79 Å². The molecule has 1 atom stereocenters. The third kappa shape index (κ3) is 5.20. The quantitative estimate of drug-likeness (QED) is 0.338. The molecule has 1 amide bonds. The number of quaternary nitrogens is 1. The highest BCUT2D eigenvalue weighted by molar-refractivity contribution is 6.02. The van der Waals surface area contributed by atoms with Crippen LogP contribution in [0.1, 0.15) is 34.0 Å². The van der Waals surface area contributed by atoms with E-state index in [0.29, 0.717) is 28.7 Å². The lowest BCUT2D eigenvalue weighted by Crippen LogP contribution is -2.43. The smallest absolute Gasteiger partial charge is 0.339 e. The summed E-state index contributed by atoms with van der Waals surface area (Å²) >= 11 is 0. The lowest BCUT2D eigenvalue weighted by Gasteiger charge is -2.22. The number of fused-ring (bicyclic) bond motifs is 1. The van der Waals surface area contributed by atoms with Crippen LogP contribution in [0.4, 0.5) is 0 Å². The van der Waals surface area contributed by atoms with E-state index in [9.17, 15) is 9.59 Å². The molecule has 2 aromatic carbocycles. The molecule has 0 bridgehead atoms. The Kier molecular flexibility index (Phi) is 5.98. The van der Waals surface area contributed by atoms with E-state index in [1.807, 2.05) is 63.6 Å². The van der Waals surface area contributed by atoms with Gasteiger partial charge in [0.15, 0.2) is 6.54 Å². The Morgan fingerprint density at radius 1 is 1.14 bits per heavy atom. The largest absolute Gasteiger partial charge is 0.497 e. The molecule has 0 radical (unpaired) electrons. The molecule has 0 fully saturated rings. The van der Waals surface area contributed by atoms with Crippen molar-refractivity contribution in [1.82, 2.24) is 5.43 Å². The second-order valence-electron chi connectivity index (χ2n) is 7.96. The number of amides is 1. The summed E-state index contributed by atoms with van der Waals surface area (Å²) in [6.45, 7) is 0.292. The second kappa shape index (κ2) is 8.45. The molecular formula is C22H26N3O4+. The molecule has 3 rings (SSSR count). The van der Waals surface area contributed by atoms with Crippen LogP contribution >= 0.6 is 0 Å². The number of methoxy groups -OCH3 is 1. The van der Waals surface area contributed by atoms with Crippen LogP contribution in [-0.4, -0.2) is 56.9 Å². The normalized spacial score (nSPS) is 16.2. The molecule has 7 heteroatoms. The number of nitrogens with one attached hydrogen (secondary N) is 1. The average molecular weight is 396 g/mol. The van der Waals surface area contributed by atoms with E-state index in [1.165, 1.54) is 0 Å². The van der Waals surface area contributed by atoms with Crippen molar-refractivity contribution in [3.8, 4) is 5.75 Å². The molecule has 7 nitrogen and oxygen atoms in total. The van der Waals surface area contributed by atoms with Crippen molar-refractivity contribution in [1.29, 1.82) is 0 Å². The van der Waals surface area contributed by atoms with Gasteiger partial charge in [-0.15, -0.1) is 0 Å². The fraction of sp³-hybridized carbons (Fsp3) is 0.318. The zero-order chi connectivity index (χ0) is 21.0. The van der Waals surface area contributed by atoms with Crippen LogP contribution in [0.25, 0.3) is 0 Å². The molecule has 0 saturated carbocycles. The van der Waals surface area contributed by atoms with E-state index in [-0.39, 0.29) is 11.9 Å². The van der Waals surface area contributed by atoms with Crippen molar-refractivity contribution in [2.75, 3.05) is 34.8 Å². The highest BCUT2D eigenvalue weighted by Gasteiger charge is 2.31. The first-order valence-corrected chi connectivity index (χ1v) is 9.37. The highest BCUT2D eigenvalue weighted by Crippen LogP contribution is 2.34. The number of rotatable bonds is 7. The summed E-state index contributed by atoms with van der Waals surface area (Å²) in [7, 11) is 7.40. The standard InChI is InChI=1S/C22H25N3O4/c1-25(2,3)14-21(26)24-23-19(15-9-11-16(28-4)12-10-15)13-20-17-7-5-6-8-18(17)22(27)29-20/h5-12,20H,13-14H2,1-4H3/p+1. The molecule has 0 spiro atoms. The number of nitrogens with zero attached hydrogens (tertiary/aromatic N) is 2. The first kappa shape index (κ1) is 20.5. The Labute approximate surface area is 170 Å². The van der Waals surface area contributed by atoms with Gasteiger partial charge in [-0.2, -0.15) is 5.10 Å². The molecule has 0 aromatic heterocycles. The molecule has 1 aliphatic rings. The maximum atomic E-state index is 12.2. The topological polar surface area (TPSA) is 77.0 Å². The molecule has 1 heterocycles. The fourth-order valence-corrected chi connectivity index (χ4v) is 3.15. The number of cyclic esters (lactones) is 1. The number of carbonyl (C=O) groups excluding carboxylic acids is 2. The molecular weight excluding hydrogens is 370 g/mol. The SMILES string of the molecule is COc1ccc(C(CC2OC(=O)c3ccccc32)=NNC(=O)C[N+](C)(C)C)cc1. The minimum Gasteiger partial charge on any atom is -0.497 e. The molecule has 152 valence electrons. The minimum absolute atomic E-state index is 0.188. The summed E-state index contributed by atoms with van der Waals surface area (Å²) in [6.07, 6.45) is -0.102. The number of esters is 1. The Morgan fingerprint density at radius 3 is 2.48 bits per heavy atom. The van der Waals surface area contributed by atoms with E-state index in [2.05, 4.69) is 10.5 Å². The fourth-order valence-electron chi connectivity index (χ4n) is 3.15. The maximum Gasteiger partial charge on any atom is 0.339 e. The van der Waals surface area contributed by atoms with E-state index < -0.39 is 6.10 Å². The van der Waals surface area contributed by atoms with E-state index in [0.717, 1.165) is 16.9 Å². The van der Waals surface area contributed by atoms with Crippen LogP contribution in [0.2, 0.25) is 0 Å². The number of carbonyl (C=O) groups is 2. The third-order valence-corrected chi connectivity index (χ3v) is 4.51. The lowest BCUT2D eigenvalue weighted by atomic mass is 9.98. The molecule has 0 saturated heterocycles. The van der Waals surface area contributed by atoms with Crippen molar-refractivity contribution >= 4 is 17.6 Å². The summed E-state index contributed by atoms with van der Waals surface area (Å²) in [5.41, 5.74) is 5.48. The van der Waals surface area contributed by atoms with Crippen LogP contribution in [0.5, 0.6) is 5.75 Å². The van der Waals surface area contributed by atoms with Gasteiger partial charge in [0.1, 0.15) is 11.9 Å². The summed E-state index contributed by atoms with van der Waals surface area (Å²) < 4.78 is 11.3. The zero-order valence-corrected chi connectivity index (χ0v) is 17.1. The van der Waals surface area contributed by atoms with E-state index in [4.69, 9.17) is 9.47 Å². The Bertz CT molecular complexity index is 930. The zero-order valence-electron chi connectivity index (χ0n) is 17.1. The summed E-state index contributed by atoms with van der Waals surface area (Å²) in [6, 6.07) is 14.7. The van der Waals surface area contributed by atoms with Crippen LogP contribution in [0.3, 0.4) is 0 Å². The van der Waals surface area contributed by atoms with E-state index >= 15 is 0 Å². The van der Waals surface area contributed by atoms with Crippen molar-refractivity contribution in [3.63, 3.8) is 0 Å². The van der Waals surface area contributed by atoms with Gasteiger partial charge in [0.2, 0.25) is 0 Å². The summed E-state index contributed by atoms with van der Waals surface area (Å²) in [5, 5.41) is 4.37. The third-order valence-electron chi connectivity index (χ3n) is 4.51. The first-order valence-electron chi connectivity index (χ1n) is 9.37. The van der Waals surface area contributed by atoms with Crippen LogP contribution in [0.15, 0.2) is 53.6 Å². The molecule has 1 unspecified atom stereocenters. The highest BCUT2D eigenvalue weighted by atomic mass is 16.5. The van der Waals surface area contributed by atoms with Crippen LogP contribution in [0, 0.1) is 0 Å².